The standard InChI is InChI=1S/C13H18N2O2/c1-13(6-3-2-4-7-13)15-12(17)10-5-8-14-11(16)9-10/h5,8-9H,2-4,6-7H2,1H3,(H,14,16)(H,15,17). The molecular weight excluding hydrogens is 216 g/mol. The van der Waals surface area contributed by atoms with Crippen LogP contribution in [0.4, 0.5) is 0 Å². The minimum absolute atomic E-state index is 0.113. The van der Waals surface area contributed by atoms with Gasteiger partial charge < -0.3 is 10.3 Å². The van der Waals surface area contributed by atoms with Gasteiger partial charge >= 0.3 is 0 Å². The third kappa shape index (κ3) is 2.96. The van der Waals surface area contributed by atoms with Gasteiger partial charge in [-0.2, -0.15) is 0 Å². The average Bonchev–Trinajstić information content (AvgIpc) is 2.29. The van der Waals surface area contributed by atoms with Crippen molar-refractivity contribution < 1.29 is 4.79 Å². The van der Waals surface area contributed by atoms with Crippen LogP contribution in [0.5, 0.6) is 0 Å². The maximum absolute atomic E-state index is 12.0. The molecule has 0 atom stereocenters. The van der Waals surface area contributed by atoms with Crippen molar-refractivity contribution in [1.29, 1.82) is 0 Å². The lowest BCUT2D eigenvalue weighted by Gasteiger charge is -2.34. The van der Waals surface area contributed by atoms with Gasteiger partial charge in [0, 0.05) is 23.4 Å². The third-order valence-electron chi connectivity index (χ3n) is 3.41. The molecule has 0 radical (unpaired) electrons. The predicted octanol–water partition coefficient (Wildman–Crippen LogP) is 1.83. The Morgan fingerprint density at radius 1 is 1.35 bits per heavy atom. The SMILES string of the molecule is CC1(NC(=O)c2cc[nH]c(=O)c2)CCCCC1. The first-order valence-corrected chi connectivity index (χ1v) is 6.10. The molecule has 92 valence electrons. The van der Waals surface area contributed by atoms with Crippen LogP contribution in [-0.2, 0) is 0 Å². The predicted molar refractivity (Wildman–Crippen MR) is 66.0 cm³/mol. The Kier molecular flexibility index (Phi) is 3.31. The molecule has 1 heterocycles. The van der Waals surface area contributed by atoms with Crippen LogP contribution < -0.4 is 10.9 Å². The van der Waals surface area contributed by atoms with Gasteiger partial charge in [-0.1, -0.05) is 19.3 Å². The molecule has 1 aliphatic carbocycles. The molecule has 1 aromatic rings. The summed E-state index contributed by atoms with van der Waals surface area (Å²) in [7, 11) is 0. The van der Waals surface area contributed by atoms with E-state index in [9.17, 15) is 9.59 Å². The van der Waals surface area contributed by atoms with Gasteiger partial charge in [0.05, 0.1) is 0 Å². The fourth-order valence-electron chi connectivity index (χ4n) is 2.39. The second-order valence-electron chi connectivity index (χ2n) is 5.02. The van der Waals surface area contributed by atoms with Crippen LogP contribution in [0.1, 0.15) is 49.4 Å². The summed E-state index contributed by atoms with van der Waals surface area (Å²) in [6.07, 6.45) is 7.10. The number of amides is 1. The van der Waals surface area contributed by atoms with Crippen LogP contribution in [0.15, 0.2) is 23.1 Å². The lowest BCUT2D eigenvalue weighted by molar-refractivity contribution is 0.0882. The van der Waals surface area contributed by atoms with E-state index in [1.54, 1.807) is 6.07 Å². The molecule has 0 saturated heterocycles. The van der Waals surface area contributed by atoms with Crippen molar-refractivity contribution in [3.63, 3.8) is 0 Å². The zero-order valence-corrected chi connectivity index (χ0v) is 10.1. The average molecular weight is 234 g/mol. The van der Waals surface area contributed by atoms with Crippen LogP contribution in [-0.4, -0.2) is 16.4 Å². The number of pyridine rings is 1. The van der Waals surface area contributed by atoms with E-state index < -0.39 is 0 Å². The quantitative estimate of drug-likeness (QED) is 0.820. The van der Waals surface area contributed by atoms with Crippen molar-refractivity contribution in [3.05, 3.63) is 34.2 Å². The van der Waals surface area contributed by atoms with E-state index in [4.69, 9.17) is 0 Å². The van der Waals surface area contributed by atoms with Gasteiger partial charge in [-0.05, 0) is 25.8 Å². The molecule has 0 aromatic carbocycles. The van der Waals surface area contributed by atoms with E-state index in [-0.39, 0.29) is 17.0 Å². The Morgan fingerprint density at radius 3 is 2.71 bits per heavy atom. The molecule has 4 nitrogen and oxygen atoms in total. The summed E-state index contributed by atoms with van der Waals surface area (Å²) in [5.41, 5.74) is 0.0739. The number of hydrogen-bond donors (Lipinski definition) is 2. The van der Waals surface area contributed by atoms with Crippen molar-refractivity contribution in [3.8, 4) is 0 Å². The van der Waals surface area contributed by atoms with E-state index in [0.717, 1.165) is 25.7 Å². The minimum atomic E-state index is -0.244. The maximum Gasteiger partial charge on any atom is 0.251 e. The normalized spacial score (nSPS) is 18.6. The molecular formula is C13H18N2O2. The summed E-state index contributed by atoms with van der Waals surface area (Å²) in [5.74, 6) is -0.152. The molecule has 1 fully saturated rings. The highest BCUT2D eigenvalue weighted by molar-refractivity contribution is 5.94. The molecule has 1 aromatic heterocycles. The number of aromatic nitrogens is 1. The summed E-state index contributed by atoms with van der Waals surface area (Å²) < 4.78 is 0. The Balaban J connectivity index is 2.08. The van der Waals surface area contributed by atoms with Gasteiger partial charge in [0.25, 0.3) is 5.91 Å². The van der Waals surface area contributed by atoms with Gasteiger partial charge in [0.15, 0.2) is 0 Å². The van der Waals surface area contributed by atoms with Crippen molar-refractivity contribution >= 4 is 5.91 Å². The maximum atomic E-state index is 12.0. The smallest absolute Gasteiger partial charge is 0.251 e. The number of aromatic amines is 1. The van der Waals surface area contributed by atoms with Gasteiger partial charge in [0.2, 0.25) is 5.56 Å². The fraction of sp³-hybridized carbons (Fsp3) is 0.538. The molecule has 0 unspecified atom stereocenters. The van der Waals surface area contributed by atoms with E-state index >= 15 is 0 Å². The van der Waals surface area contributed by atoms with Gasteiger partial charge in [-0.15, -0.1) is 0 Å². The first kappa shape index (κ1) is 11.9. The molecule has 17 heavy (non-hydrogen) atoms. The Hall–Kier alpha value is -1.58. The highest BCUT2D eigenvalue weighted by atomic mass is 16.2. The van der Waals surface area contributed by atoms with Gasteiger partial charge in [0.1, 0.15) is 0 Å². The molecule has 1 saturated carbocycles. The Bertz CT molecular complexity index is 458. The van der Waals surface area contributed by atoms with Crippen molar-refractivity contribution in [2.75, 3.05) is 0 Å². The fourth-order valence-corrected chi connectivity index (χ4v) is 2.39. The molecule has 0 bridgehead atoms. The summed E-state index contributed by atoms with van der Waals surface area (Å²) in [4.78, 5) is 25.6. The Labute approximate surface area is 100 Å². The third-order valence-corrected chi connectivity index (χ3v) is 3.41. The molecule has 2 N–H and O–H groups in total. The second kappa shape index (κ2) is 4.73. The lowest BCUT2D eigenvalue weighted by Crippen LogP contribution is -2.47. The highest BCUT2D eigenvalue weighted by Gasteiger charge is 2.28. The molecule has 0 spiro atoms. The van der Waals surface area contributed by atoms with Crippen molar-refractivity contribution in [1.82, 2.24) is 10.3 Å². The number of hydrogen-bond acceptors (Lipinski definition) is 2. The van der Waals surface area contributed by atoms with Crippen molar-refractivity contribution in [2.45, 2.75) is 44.6 Å². The molecule has 1 aliphatic rings. The summed E-state index contributed by atoms with van der Waals surface area (Å²) in [6.45, 7) is 2.08. The van der Waals surface area contributed by atoms with Crippen LogP contribution in [0, 0.1) is 0 Å². The number of nitrogens with one attached hydrogen (secondary N) is 2. The number of carbonyl (C=O) groups excluding carboxylic acids is 1. The topological polar surface area (TPSA) is 62.0 Å². The molecule has 4 heteroatoms. The summed E-state index contributed by atoms with van der Waals surface area (Å²) in [5, 5.41) is 3.05. The van der Waals surface area contributed by atoms with Crippen LogP contribution in [0.2, 0.25) is 0 Å². The van der Waals surface area contributed by atoms with Crippen LogP contribution >= 0.6 is 0 Å². The first-order chi connectivity index (χ1) is 8.09. The molecule has 2 rings (SSSR count). The van der Waals surface area contributed by atoms with E-state index in [2.05, 4.69) is 17.2 Å². The van der Waals surface area contributed by atoms with E-state index in [1.165, 1.54) is 18.7 Å². The monoisotopic (exact) mass is 234 g/mol. The summed E-state index contributed by atoms with van der Waals surface area (Å²) >= 11 is 0. The largest absolute Gasteiger partial charge is 0.347 e. The zero-order valence-electron chi connectivity index (χ0n) is 10.1. The zero-order chi connectivity index (χ0) is 12.3. The van der Waals surface area contributed by atoms with Crippen LogP contribution in [0.3, 0.4) is 0 Å². The van der Waals surface area contributed by atoms with E-state index in [0.29, 0.717) is 5.56 Å². The van der Waals surface area contributed by atoms with Crippen molar-refractivity contribution in [2.24, 2.45) is 0 Å². The Morgan fingerprint density at radius 2 is 2.06 bits per heavy atom. The number of carbonyl (C=O) groups is 1. The van der Waals surface area contributed by atoms with Crippen LogP contribution in [0.25, 0.3) is 0 Å². The minimum Gasteiger partial charge on any atom is -0.347 e. The number of H-pyrrole nitrogens is 1. The van der Waals surface area contributed by atoms with Gasteiger partial charge in [-0.3, -0.25) is 9.59 Å². The summed E-state index contributed by atoms with van der Waals surface area (Å²) in [6, 6.07) is 2.96. The second-order valence-corrected chi connectivity index (χ2v) is 5.02. The molecule has 1 amide bonds. The first-order valence-electron chi connectivity index (χ1n) is 6.10. The van der Waals surface area contributed by atoms with Gasteiger partial charge in [-0.25, -0.2) is 0 Å². The highest BCUT2D eigenvalue weighted by Crippen LogP contribution is 2.27. The number of rotatable bonds is 2. The lowest BCUT2D eigenvalue weighted by atomic mass is 9.83. The van der Waals surface area contributed by atoms with E-state index in [1.807, 2.05) is 0 Å². The molecule has 0 aliphatic heterocycles.